The van der Waals surface area contributed by atoms with E-state index in [9.17, 15) is 4.79 Å². The summed E-state index contributed by atoms with van der Waals surface area (Å²) in [6.45, 7) is 7.54. The first kappa shape index (κ1) is 22.5. The van der Waals surface area contributed by atoms with Crippen molar-refractivity contribution in [2.24, 2.45) is 11.7 Å². The van der Waals surface area contributed by atoms with E-state index in [0.29, 0.717) is 12.5 Å². The third kappa shape index (κ3) is 4.22. The third-order valence-electron chi connectivity index (χ3n) is 5.05. The van der Waals surface area contributed by atoms with Gasteiger partial charge in [0, 0.05) is 36.7 Å². The van der Waals surface area contributed by atoms with E-state index >= 15 is 0 Å². The molecule has 26 heavy (non-hydrogen) atoms. The Labute approximate surface area is 167 Å². The van der Waals surface area contributed by atoms with Crippen molar-refractivity contribution in [1.82, 2.24) is 14.5 Å². The topological polar surface area (TPSA) is 64.2 Å². The van der Waals surface area contributed by atoms with Crippen molar-refractivity contribution in [1.29, 1.82) is 0 Å². The van der Waals surface area contributed by atoms with Crippen LogP contribution in [-0.2, 0) is 0 Å². The monoisotopic (exact) mass is 398 g/mol. The van der Waals surface area contributed by atoms with Crippen LogP contribution in [0, 0.1) is 19.8 Å². The fraction of sp³-hybridized carbons (Fsp3) is 0.474. The Morgan fingerprint density at radius 3 is 2.65 bits per heavy atom. The predicted octanol–water partition coefficient (Wildman–Crippen LogP) is 3.53. The highest BCUT2D eigenvalue weighted by Gasteiger charge is 2.31. The Bertz CT molecular complexity index is 733. The Hall–Kier alpha value is -1.56. The number of pyridine rings is 1. The van der Waals surface area contributed by atoms with Gasteiger partial charge in [0.1, 0.15) is 5.82 Å². The quantitative estimate of drug-likeness (QED) is 0.859. The van der Waals surface area contributed by atoms with Crippen molar-refractivity contribution in [3.63, 3.8) is 0 Å². The molecule has 2 unspecified atom stereocenters. The van der Waals surface area contributed by atoms with Gasteiger partial charge in [-0.3, -0.25) is 4.79 Å². The number of nitrogens with two attached hydrogens (primary N) is 1. The van der Waals surface area contributed by atoms with Crippen LogP contribution in [0.25, 0.3) is 5.82 Å². The highest BCUT2D eigenvalue weighted by atomic mass is 35.5. The molecule has 144 valence electrons. The van der Waals surface area contributed by atoms with Crippen molar-refractivity contribution in [3.8, 4) is 5.82 Å². The number of likely N-dealkylation sites (tertiary alicyclic amines) is 1. The van der Waals surface area contributed by atoms with E-state index in [-0.39, 0.29) is 36.8 Å². The van der Waals surface area contributed by atoms with Gasteiger partial charge in [0.05, 0.1) is 5.56 Å². The Morgan fingerprint density at radius 2 is 2.04 bits per heavy atom. The van der Waals surface area contributed by atoms with Crippen LogP contribution in [0.2, 0.25) is 0 Å². The van der Waals surface area contributed by atoms with Crippen LogP contribution >= 0.6 is 24.8 Å². The Kier molecular flexibility index (Phi) is 8.13. The average molecular weight is 399 g/mol. The number of hydrogen-bond donors (Lipinski definition) is 1. The molecule has 0 aliphatic carbocycles. The SMILES string of the molecule is Cc1cc(C(=O)N2CCC(C)CC2CN)c(C)n1-c1ccccn1.Cl.Cl. The maximum Gasteiger partial charge on any atom is 0.255 e. The van der Waals surface area contributed by atoms with Crippen molar-refractivity contribution >= 4 is 30.7 Å². The van der Waals surface area contributed by atoms with Crippen LogP contribution in [0.5, 0.6) is 0 Å². The van der Waals surface area contributed by atoms with Crippen LogP contribution in [0.1, 0.15) is 41.5 Å². The molecule has 1 saturated heterocycles. The van der Waals surface area contributed by atoms with Crippen molar-refractivity contribution in [3.05, 3.63) is 47.4 Å². The smallest absolute Gasteiger partial charge is 0.255 e. The van der Waals surface area contributed by atoms with Crippen LogP contribution in [0.3, 0.4) is 0 Å². The fourth-order valence-corrected chi connectivity index (χ4v) is 3.72. The minimum atomic E-state index is 0. The molecule has 3 heterocycles. The van der Waals surface area contributed by atoms with E-state index in [0.717, 1.165) is 42.2 Å². The second-order valence-electron chi connectivity index (χ2n) is 6.83. The van der Waals surface area contributed by atoms with Crippen LogP contribution in [0.4, 0.5) is 0 Å². The second-order valence-corrected chi connectivity index (χ2v) is 6.83. The molecule has 3 rings (SSSR count). The molecule has 0 aromatic carbocycles. The summed E-state index contributed by atoms with van der Waals surface area (Å²) in [7, 11) is 0. The summed E-state index contributed by atoms with van der Waals surface area (Å²) in [4.78, 5) is 19.5. The summed E-state index contributed by atoms with van der Waals surface area (Å²) in [5.74, 6) is 1.56. The van der Waals surface area contributed by atoms with Crippen molar-refractivity contribution < 1.29 is 4.79 Å². The summed E-state index contributed by atoms with van der Waals surface area (Å²) >= 11 is 0. The van der Waals surface area contributed by atoms with Gasteiger partial charge in [0.15, 0.2) is 0 Å². The van der Waals surface area contributed by atoms with Gasteiger partial charge < -0.3 is 15.2 Å². The molecule has 2 N–H and O–H groups in total. The molecule has 0 radical (unpaired) electrons. The lowest BCUT2D eigenvalue weighted by Gasteiger charge is -2.38. The van der Waals surface area contributed by atoms with E-state index in [1.165, 1.54) is 0 Å². The highest BCUT2D eigenvalue weighted by Crippen LogP contribution is 2.26. The Morgan fingerprint density at radius 1 is 1.31 bits per heavy atom. The molecule has 2 aromatic heterocycles. The van der Waals surface area contributed by atoms with Gasteiger partial charge in [-0.25, -0.2) is 4.98 Å². The minimum Gasteiger partial charge on any atom is -0.334 e. The van der Waals surface area contributed by atoms with E-state index in [1.807, 2.05) is 47.6 Å². The zero-order chi connectivity index (χ0) is 17.3. The number of piperidine rings is 1. The summed E-state index contributed by atoms with van der Waals surface area (Å²) in [5.41, 5.74) is 8.64. The van der Waals surface area contributed by atoms with E-state index < -0.39 is 0 Å². The number of hydrogen-bond acceptors (Lipinski definition) is 3. The normalized spacial score (nSPS) is 19.5. The minimum absolute atomic E-state index is 0. The molecule has 1 amide bonds. The van der Waals surface area contributed by atoms with Crippen LogP contribution in [-0.4, -0.2) is 39.5 Å². The van der Waals surface area contributed by atoms with Gasteiger partial charge >= 0.3 is 0 Å². The number of aryl methyl sites for hydroxylation is 1. The molecule has 0 bridgehead atoms. The lowest BCUT2D eigenvalue weighted by atomic mass is 9.92. The lowest BCUT2D eigenvalue weighted by Crippen LogP contribution is -2.49. The largest absolute Gasteiger partial charge is 0.334 e. The van der Waals surface area contributed by atoms with E-state index in [4.69, 9.17) is 5.73 Å². The molecule has 1 aliphatic rings. The zero-order valence-electron chi connectivity index (χ0n) is 15.5. The van der Waals surface area contributed by atoms with Gasteiger partial charge in [0.2, 0.25) is 0 Å². The molecule has 7 heteroatoms. The molecule has 2 aromatic rings. The summed E-state index contributed by atoms with van der Waals surface area (Å²) in [6, 6.07) is 7.92. The first-order valence-corrected chi connectivity index (χ1v) is 8.64. The number of nitrogens with zero attached hydrogens (tertiary/aromatic N) is 3. The van der Waals surface area contributed by atoms with Crippen LogP contribution < -0.4 is 5.73 Å². The lowest BCUT2D eigenvalue weighted by molar-refractivity contribution is 0.0573. The second kappa shape index (κ2) is 9.40. The van der Waals surface area contributed by atoms with Gasteiger partial charge in [-0.2, -0.15) is 0 Å². The van der Waals surface area contributed by atoms with Crippen molar-refractivity contribution in [2.75, 3.05) is 13.1 Å². The average Bonchev–Trinajstić information content (AvgIpc) is 2.89. The first-order chi connectivity index (χ1) is 11.5. The molecule has 0 spiro atoms. The Balaban J connectivity index is 0.00000169. The fourth-order valence-electron chi connectivity index (χ4n) is 3.72. The number of carbonyl (C=O) groups excluding carboxylic acids is 1. The number of aromatic nitrogens is 2. The van der Waals surface area contributed by atoms with E-state index in [1.54, 1.807) is 6.20 Å². The van der Waals surface area contributed by atoms with Gasteiger partial charge in [0.25, 0.3) is 5.91 Å². The predicted molar refractivity (Wildman–Crippen MR) is 110 cm³/mol. The van der Waals surface area contributed by atoms with Gasteiger partial charge in [-0.05, 0) is 50.8 Å². The molecule has 1 fully saturated rings. The summed E-state index contributed by atoms with van der Waals surface area (Å²) in [5, 5.41) is 0. The number of halogens is 2. The van der Waals surface area contributed by atoms with E-state index in [2.05, 4.69) is 11.9 Å². The molecular weight excluding hydrogens is 371 g/mol. The maximum atomic E-state index is 13.1. The summed E-state index contributed by atoms with van der Waals surface area (Å²) in [6.07, 6.45) is 3.80. The van der Waals surface area contributed by atoms with Gasteiger partial charge in [-0.1, -0.05) is 13.0 Å². The van der Waals surface area contributed by atoms with Crippen LogP contribution in [0.15, 0.2) is 30.5 Å². The molecular formula is C19H28Cl2N4O. The molecule has 1 aliphatic heterocycles. The maximum absolute atomic E-state index is 13.1. The standard InChI is InChI=1S/C19H26N4O.2ClH/c1-13-7-9-22(16(10-13)12-20)19(24)17-11-14(2)23(15(17)3)18-6-4-5-8-21-18;;/h4-6,8,11,13,16H,7,9-10,12,20H2,1-3H3;2*1H. The first-order valence-electron chi connectivity index (χ1n) is 8.64. The summed E-state index contributed by atoms with van der Waals surface area (Å²) < 4.78 is 2.04. The third-order valence-corrected chi connectivity index (χ3v) is 5.05. The number of amides is 1. The number of rotatable bonds is 3. The highest BCUT2D eigenvalue weighted by molar-refractivity contribution is 5.96. The van der Waals surface area contributed by atoms with Crippen molar-refractivity contribution in [2.45, 2.75) is 39.7 Å². The molecule has 5 nitrogen and oxygen atoms in total. The zero-order valence-corrected chi connectivity index (χ0v) is 17.1. The molecule has 2 atom stereocenters. The van der Waals surface area contributed by atoms with Gasteiger partial charge in [-0.15, -0.1) is 24.8 Å². The number of carbonyl (C=O) groups is 1. The molecule has 0 saturated carbocycles.